The van der Waals surface area contributed by atoms with Crippen LogP contribution < -0.4 is 15.0 Å². The normalized spacial score (nSPS) is 16.9. The van der Waals surface area contributed by atoms with E-state index in [2.05, 4.69) is 20.4 Å². The highest BCUT2D eigenvalue weighted by Gasteiger charge is 2.31. The first kappa shape index (κ1) is 19.4. The Kier molecular flexibility index (Phi) is 4.97. The smallest absolute Gasteiger partial charge is 0.270 e. The molecule has 1 N–H and O–H groups in total. The van der Waals surface area contributed by atoms with Crippen LogP contribution in [0.4, 0.5) is 5.69 Å². The van der Waals surface area contributed by atoms with Gasteiger partial charge in [0.2, 0.25) is 11.8 Å². The molecule has 9 nitrogen and oxygen atoms in total. The number of rotatable bonds is 7. The van der Waals surface area contributed by atoms with Gasteiger partial charge in [0.15, 0.2) is 11.6 Å². The number of ether oxygens (including phenoxy) is 1. The van der Waals surface area contributed by atoms with Crippen molar-refractivity contribution >= 4 is 17.4 Å². The van der Waals surface area contributed by atoms with Gasteiger partial charge >= 0.3 is 0 Å². The summed E-state index contributed by atoms with van der Waals surface area (Å²) in [5.41, 5.74) is 0.158. The van der Waals surface area contributed by atoms with Crippen LogP contribution in [0.2, 0.25) is 0 Å². The summed E-state index contributed by atoms with van der Waals surface area (Å²) in [6.07, 6.45) is 2.81. The number of Topliss-reactive ketones (excluding diaryl/α,β-unsaturated/α-hetero) is 1. The fraction of sp³-hybridized carbons (Fsp3) is 0.550. The minimum atomic E-state index is -0.828. The van der Waals surface area contributed by atoms with Gasteiger partial charge in [-0.05, 0) is 44.7 Å². The zero-order valence-corrected chi connectivity index (χ0v) is 16.9. The molecule has 0 radical (unpaired) electrons. The van der Waals surface area contributed by atoms with Crippen LogP contribution in [0.25, 0.3) is 0 Å². The third-order valence-electron chi connectivity index (χ3n) is 5.11. The van der Waals surface area contributed by atoms with E-state index < -0.39 is 5.54 Å². The van der Waals surface area contributed by atoms with Crippen molar-refractivity contribution < 1.29 is 18.8 Å². The van der Waals surface area contributed by atoms with Crippen LogP contribution in [0, 0.1) is 12.8 Å². The van der Waals surface area contributed by atoms with Crippen molar-refractivity contribution in [1.29, 1.82) is 0 Å². The van der Waals surface area contributed by atoms with Gasteiger partial charge in [-0.3, -0.25) is 9.59 Å². The summed E-state index contributed by atoms with van der Waals surface area (Å²) in [6.45, 7) is 6.84. The van der Waals surface area contributed by atoms with E-state index in [9.17, 15) is 9.59 Å². The zero-order valence-electron chi connectivity index (χ0n) is 16.9. The molecule has 1 aliphatic heterocycles. The Morgan fingerprint density at radius 1 is 1.34 bits per heavy atom. The Morgan fingerprint density at radius 3 is 2.76 bits per heavy atom. The molecular weight excluding hydrogens is 374 g/mol. The number of pyridine rings is 1. The van der Waals surface area contributed by atoms with E-state index in [0.717, 1.165) is 18.5 Å². The minimum Gasteiger partial charge on any atom is -0.476 e. The van der Waals surface area contributed by atoms with E-state index in [4.69, 9.17) is 9.26 Å². The molecule has 0 spiro atoms. The van der Waals surface area contributed by atoms with E-state index in [1.165, 1.54) is 0 Å². The summed E-state index contributed by atoms with van der Waals surface area (Å²) >= 11 is 0. The van der Waals surface area contributed by atoms with Crippen LogP contribution in [0.1, 0.15) is 55.3 Å². The van der Waals surface area contributed by atoms with Gasteiger partial charge in [-0.25, -0.2) is 4.98 Å². The molecule has 29 heavy (non-hydrogen) atoms. The van der Waals surface area contributed by atoms with Crippen molar-refractivity contribution in [3.63, 3.8) is 0 Å². The third kappa shape index (κ3) is 4.38. The molecule has 1 saturated heterocycles. The zero-order chi connectivity index (χ0) is 20.6. The Bertz CT molecular complexity index is 935. The summed E-state index contributed by atoms with van der Waals surface area (Å²) in [4.78, 5) is 35.2. The summed E-state index contributed by atoms with van der Waals surface area (Å²) < 4.78 is 11.0. The number of amides is 1. The number of hydrogen-bond acceptors (Lipinski definition) is 8. The van der Waals surface area contributed by atoms with Gasteiger partial charge in [-0.2, -0.15) is 4.98 Å². The molecule has 0 atom stereocenters. The number of anilines is 1. The lowest BCUT2D eigenvalue weighted by molar-refractivity contribution is -0.116. The fourth-order valence-corrected chi connectivity index (χ4v) is 3.18. The standard InChI is InChI=1S/C20H25N5O4/c1-12-21-19(24-29-12)20(2,3)23-17(27)15-6-7-16(25-9-8-14(26)10-25)18(22-15)28-11-13-4-5-13/h6-7,13H,4-5,8-11H2,1-3H3,(H,23,27). The molecule has 0 bridgehead atoms. The molecule has 4 rings (SSSR count). The number of hydrogen-bond donors (Lipinski definition) is 1. The molecule has 2 aromatic rings. The number of ketones is 1. The highest BCUT2D eigenvalue weighted by atomic mass is 16.5. The van der Waals surface area contributed by atoms with Crippen molar-refractivity contribution in [2.45, 2.75) is 45.6 Å². The van der Waals surface area contributed by atoms with Crippen molar-refractivity contribution in [1.82, 2.24) is 20.4 Å². The molecule has 1 saturated carbocycles. The summed E-state index contributed by atoms with van der Waals surface area (Å²) in [5.74, 6) is 1.59. The first-order chi connectivity index (χ1) is 13.8. The second-order valence-corrected chi connectivity index (χ2v) is 8.20. The molecule has 2 aromatic heterocycles. The average Bonchev–Trinajstić information content (AvgIpc) is 3.24. The second-order valence-electron chi connectivity index (χ2n) is 8.20. The SMILES string of the molecule is Cc1nc(C(C)(C)NC(=O)c2ccc(N3CCC(=O)C3)c(OCC3CC3)n2)no1. The summed E-state index contributed by atoms with van der Waals surface area (Å²) in [6, 6.07) is 3.45. The van der Waals surface area contributed by atoms with Crippen molar-refractivity contribution in [2.75, 3.05) is 24.6 Å². The molecule has 2 fully saturated rings. The van der Waals surface area contributed by atoms with Crippen LogP contribution in [0.15, 0.2) is 16.7 Å². The average molecular weight is 399 g/mol. The van der Waals surface area contributed by atoms with E-state index in [1.807, 2.05) is 4.90 Å². The molecular formula is C20H25N5O4. The predicted molar refractivity (Wildman–Crippen MR) is 104 cm³/mol. The lowest BCUT2D eigenvalue weighted by Crippen LogP contribution is -2.42. The van der Waals surface area contributed by atoms with Crippen LogP contribution in [0.5, 0.6) is 5.88 Å². The fourth-order valence-electron chi connectivity index (χ4n) is 3.18. The van der Waals surface area contributed by atoms with Crippen molar-refractivity contribution in [3.8, 4) is 5.88 Å². The van der Waals surface area contributed by atoms with Gasteiger partial charge in [0.25, 0.3) is 5.91 Å². The van der Waals surface area contributed by atoms with Crippen LogP contribution >= 0.6 is 0 Å². The second kappa shape index (κ2) is 7.46. The number of carbonyl (C=O) groups is 2. The maximum Gasteiger partial charge on any atom is 0.270 e. The Hall–Kier alpha value is -2.97. The Morgan fingerprint density at radius 2 is 2.14 bits per heavy atom. The number of carbonyl (C=O) groups excluding carboxylic acids is 2. The molecule has 2 aliphatic rings. The van der Waals surface area contributed by atoms with Gasteiger partial charge in [0.1, 0.15) is 11.4 Å². The van der Waals surface area contributed by atoms with Crippen molar-refractivity contribution in [3.05, 3.63) is 29.5 Å². The van der Waals surface area contributed by atoms with Gasteiger partial charge in [-0.1, -0.05) is 5.16 Å². The number of aryl methyl sites for hydroxylation is 1. The van der Waals surface area contributed by atoms with Crippen LogP contribution in [-0.2, 0) is 10.3 Å². The number of nitrogens with one attached hydrogen (secondary N) is 1. The predicted octanol–water partition coefficient (Wildman–Crippen LogP) is 2.01. The molecule has 1 amide bonds. The topological polar surface area (TPSA) is 110 Å². The lowest BCUT2D eigenvalue weighted by atomic mass is 10.0. The van der Waals surface area contributed by atoms with Crippen LogP contribution in [0.3, 0.4) is 0 Å². The monoisotopic (exact) mass is 399 g/mol. The molecule has 0 unspecified atom stereocenters. The number of nitrogens with zero attached hydrogens (tertiary/aromatic N) is 4. The molecule has 3 heterocycles. The van der Waals surface area contributed by atoms with E-state index in [0.29, 0.717) is 49.6 Å². The lowest BCUT2D eigenvalue weighted by Gasteiger charge is -2.23. The molecule has 154 valence electrons. The molecule has 1 aliphatic carbocycles. The van der Waals surface area contributed by atoms with Gasteiger partial charge in [0, 0.05) is 19.9 Å². The van der Waals surface area contributed by atoms with E-state index in [-0.39, 0.29) is 17.4 Å². The quantitative estimate of drug-likeness (QED) is 0.753. The summed E-state index contributed by atoms with van der Waals surface area (Å²) in [5, 5.41) is 6.79. The van der Waals surface area contributed by atoms with E-state index >= 15 is 0 Å². The Balaban J connectivity index is 1.55. The first-order valence-corrected chi connectivity index (χ1v) is 9.85. The van der Waals surface area contributed by atoms with Gasteiger partial charge in [-0.15, -0.1) is 0 Å². The minimum absolute atomic E-state index is 0.192. The van der Waals surface area contributed by atoms with Crippen LogP contribution in [-0.4, -0.2) is 46.5 Å². The first-order valence-electron chi connectivity index (χ1n) is 9.85. The molecule has 0 aromatic carbocycles. The Labute approximate surface area is 168 Å². The van der Waals surface area contributed by atoms with Gasteiger partial charge in [0.05, 0.1) is 18.7 Å². The highest BCUT2D eigenvalue weighted by molar-refractivity contribution is 5.94. The largest absolute Gasteiger partial charge is 0.476 e. The highest BCUT2D eigenvalue weighted by Crippen LogP contribution is 2.33. The molecule has 9 heteroatoms. The van der Waals surface area contributed by atoms with Crippen molar-refractivity contribution in [2.24, 2.45) is 5.92 Å². The maximum atomic E-state index is 12.8. The maximum absolute atomic E-state index is 12.8. The van der Waals surface area contributed by atoms with Gasteiger partial charge < -0.3 is 19.5 Å². The van der Waals surface area contributed by atoms with E-state index in [1.54, 1.807) is 32.9 Å². The summed E-state index contributed by atoms with van der Waals surface area (Å²) in [7, 11) is 0. The number of aromatic nitrogens is 3. The third-order valence-corrected chi connectivity index (χ3v) is 5.11.